The molecule has 1 aliphatic heterocycles. The first kappa shape index (κ1) is 15.5. The number of thiophene rings is 1. The number of amides is 2. The zero-order valence-corrected chi connectivity index (χ0v) is 13.4. The number of aromatic nitrogens is 1. The molecule has 0 bridgehead atoms. The van der Waals surface area contributed by atoms with Gasteiger partial charge in [-0.2, -0.15) is 0 Å². The van der Waals surface area contributed by atoms with E-state index in [9.17, 15) is 14.7 Å². The number of urea groups is 1. The number of aliphatic carboxylic acids is 1. The van der Waals surface area contributed by atoms with Gasteiger partial charge in [-0.25, -0.2) is 9.78 Å². The summed E-state index contributed by atoms with van der Waals surface area (Å²) in [5.41, 5.74) is -0.237. The Bertz CT molecular complexity index is 712. The van der Waals surface area contributed by atoms with E-state index in [4.69, 9.17) is 4.42 Å². The molecule has 23 heavy (non-hydrogen) atoms. The molecule has 2 amide bonds. The smallest absolute Gasteiger partial charge is 0.317 e. The summed E-state index contributed by atoms with van der Waals surface area (Å²) in [6.45, 7) is 2.56. The van der Waals surface area contributed by atoms with Crippen molar-refractivity contribution in [1.82, 2.24) is 15.2 Å². The molecule has 7 nitrogen and oxygen atoms in total. The highest BCUT2D eigenvalue weighted by Gasteiger charge is 2.42. The highest BCUT2D eigenvalue weighted by Crippen LogP contribution is 2.30. The lowest BCUT2D eigenvalue weighted by atomic mass is 9.90. The molecule has 1 fully saturated rings. The van der Waals surface area contributed by atoms with Crippen LogP contribution < -0.4 is 5.32 Å². The molecular formula is C15H17N3O4S. The summed E-state index contributed by atoms with van der Waals surface area (Å²) >= 11 is 1.53. The van der Waals surface area contributed by atoms with Gasteiger partial charge in [0.05, 0.1) is 22.5 Å². The number of oxazole rings is 1. The van der Waals surface area contributed by atoms with Gasteiger partial charge in [-0.1, -0.05) is 6.07 Å². The molecule has 122 valence electrons. The number of carboxylic acid groups (broad SMARTS) is 1. The van der Waals surface area contributed by atoms with Gasteiger partial charge in [0, 0.05) is 13.1 Å². The van der Waals surface area contributed by atoms with Crippen molar-refractivity contribution in [2.24, 2.45) is 5.41 Å². The third-order valence-corrected chi connectivity index (χ3v) is 4.84. The van der Waals surface area contributed by atoms with Crippen LogP contribution >= 0.6 is 11.3 Å². The largest absolute Gasteiger partial charge is 0.481 e. The van der Waals surface area contributed by atoms with Crippen molar-refractivity contribution in [1.29, 1.82) is 0 Å². The van der Waals surface area contributed by atoms with Gasteiger partial charge in [0.25, 0.3) is 0 Å². The number of likely N-dealkylation sites (tertiary alicyclic amines) is 1. The molecule has 1 unspecified atom stereocenters. The zero-order chi connectivity index (χ0) is 16.4. The monoisotopic (exact) mass is 335 g/mol. The van der Waals surface area contributed by atoms with Crippen LogP contribution in [0.5, 0.6) is 0 Å². The summed E-state index contributed by atoms with van der Waals surface area (Å²) in [7, 11) is 0. The van der Waals surface area contributed by atoms with E-state index < -0.39 is 11.4 Å². The van der Waals surface area contributed by atoms with Crippen LogP contribution in [0.2, 0.25) is 0 Å². The summed E-state index contributed by atoms with van der Waals surface area (Å²) in [5, 5.41) is 13.9. The van der Waals surface area contributed by atoms with Crippen molar-refractivity contribution < 1.29 is 19.1 Å². The van der Waals surface area contributed by atoms with Crippen molar-refractivity contribution in [2.75, 3.05) is 13.1 Å². The Morgan fingerprint density at radius 2 is 2.39 bits per heavy atom. The minimum atomic E-state index is -0.870. The minimum Gasteiger partial charge on any atom is -0.481 e. The standard InChI is InChI=1S/C15H17N3O4S/c1-15(13(19)20)4-5-18(9-15)14(21)16-7-10-8-22-12(17-10)11-3-2-6-23-11/h2-3,6,8H,4-5,7,9H2,1H3,(H,16,21)(H,19,20). The molecule has 2 aromatic heterocycles. The van der Waals surface area contributed by atoms with Crippen molar-refractivity contribution >= 4 is 23.3 Å². The van der Waals surface area contributed by atoms with E-state index in [1.54, 1.807) is 6.92 Å². The molecule has 1 saturated heterocycles. The van der Waals surface area contributed by atoms with E-state index in [-0.39, 0.29) is 19.1 Å². The van der Waals surface area contributed by atoms with Gasteiger partial charge in [0.1, 0.15) is 6.26 Å². The van der Waals surface area contributed by atoms with E-state index in [1.807, 2.05) is 17.5 Å². The van der Waals surface area contributed by atoms with Gasteiger partial charge in [-0.05, 0) is 24.8 Å². The van der Waals surface area contributed by atoms with Crippen LogP contribution in [0.25, 0.3) is 10.8 Å². The van der Waals surface area contributed by atoms with Crippen molar-refractivity contribution in [3.8, 4) is 10.8 Å². The van der Waals surface area contributed by atoms with Crippen LogP contribution in [0.1, 0.15) is 19.0 Å². The quantitative estimate of drug-likeness (QED) is 0.894. The molecule has 0 spiro atoms. The first-order valence-electron chi connectivity index (χ1n) is 7.22. The Morgan fingerprint density at radius 1 is 1.57 bits per heavy atom. The number of carboxylic acids is 1. The second kappa shape index (κ2) is 6.04. The maximum Gasteiger partial charge on any atom is 0.317 e. The molecule has 1 atom stereocenters. The summed E-state index contributed by atoms with van der Waals surface area (Å²) in [4.78, 5) is 30.1. The fourth-order valence-electron chi connectivity index (χ4n) is 2.49. The van der Waals surface area contributed by atoms with E-state index >= 15 is 0 Å². The van der Waals surface area contributed by atoms with E-state index in [0.29, 0.717) is 24.6 Å². The van der Waals surface area contributed by atoms with Crippen LogP contribution in [0.3, 0.4) is 0 Å². The highest BCUT2D eigenvalue weighted by atomic mass is 32.1. The van der Waals surface area contributed by atoms with Crippen molar-refractivity contribution in [3.05, 3.63) is 29.5 Å². The predicted octanol–water partition coefficient (Wildman–Crippen LogP) is 2.41. The number of rotatable bonds is 4. The van der Waals surface area contributed by atoms with Crippen molar-refractivity contribution in [3.63, 3.8) is 0 Å². The van der Waals surface area contributed by atoms with E-state index in [0.717, 1.165) is 4.88 Å². The summed E-state index contributed by atoms with van der Waals surface area (Å²) < 4.78 is 5.39. The number of carbonyl (C=O) groups is 2. The van der Waals surface area contributed by atoms with E-state index in [1.165, 1.54) is 22.5 Å². The van der Waals surface area contributed by atoms with Crippen LogP contribution in [0.15, 0.2) is 28.2 Å². The molecule has 2 N–H and O–H groups in total. The Morgan fingerprint density at radius 3 is 3.04 bits per heavy atom. The van der Waals surface area contributed by atoms with Crippen LogP contribution in [-0.4, -0.2) is 40.1 Å². The maximum atomic E-state index is 12.1. The fraction of sp³-hybridized carbons (Fsp3) is 0.400. The van der Waals surface area contributed by atoms with Gasteiger partial charge in [0.15, 0.2) is 0 Å². The lowest BCUT2D eigenvalue weighted by molar-refractivity contribution is -0.147. The molecule has 1 aliphatic rings. The summed E-state index contributed by atoms with van der Waals surface area (Å²) in [6.07, 6.45) is 1.98. The summed E-state index contributed by atoms with van der Waals surface area (Å²) in [6, 6.07) is 3.55. The van der Waals surface area contributed by atoms with Gasteiger partial charge >= 0.3 is 12.0 Å². The molecule has 0 saturated carbocycles. The molecule has 0 aromatic carbocycles. The highest BCUT2D eigenvalue weighted by molar-refractivity contribution is 7.13. The molecule has 2 aromatic rings. The normalized spacial score (nSPS) is 20.7. The van der Waals surface area contributed by atoms with Gasteiger partial charge in [-0.15, -0.1) is 11.3 Å². The Hall–Kier alpha value is -2.35. The average Bonchev–Trinajstić information content (AvgIpc) is 3.25. The zero-order valence-electron chi connectivity index (χ0n) is 12.6. The SMILES string of the molecule is CC1(C(=O)O)CCN(C(=O)NCc2coc(-c3cccs3)n2)C1. The molecule has 0 radical (unpaired) electrons. The lowest BCUT2D eigenvalue weighted by Gasteiger charge is -2.20. The lowest BCUT2D eigenvalue weighted by Crippen LogP contribution is -2.40. The second-order valence-electron chi connectivity index (χ2n) is 5.82. The Kier molecular flexibility index (Phi) is 4.08. The molecular weight excluding hydrogens is 318 g/mol. The first-order chi connectivity index (χ1) is 11.0. The molecule has 3 rings (SSSR count). The van der Waals surface area contributed by atoms with Crippen LogP contribution in [0.4, 0.5) is 4.79 Å². The van der Waals surface area contributed by atoms with E-state index in [2.05, 4.69) is 10.3 Å². The second-order valence-corrected chi connectivity index (χ2v) is 6.77. The van der Waals surface area contributed by atoms with Gasteiger partial charge in [0.2, 0.25) is 5.89 Å². The Labute approximate surface area is 136 Å². The van der Waals surface area contributed by atoms with Crippen LogP contribution in [-0.2, 0) is 11.3 Å². The summed E-state index contributed by atoms with van der Waals surface area (Å²) in [5.74, 6) is -0.339. The van der Waals surface area contributed by atoms with Crippen molar-refractivity contribution in [2.45, 2.75) is 19.9 Å². The number of nitrogens with one attached hydrogen (secondary N) is 1. The van der Waals surface area contributed by atoms with Gasteiger partial charge < -0.3 is 19.7 Å². The van der Waals surface area contributed by atoms with Crippen LogP contribution in [0, 0.1) is 5.41 Å². The average molecular weight is 335 g/mol. The van der Waals surface area contributed by atoms with Gasteiger partial charge in [-0.3, -0.25) is 4.79 Å². The topological polar surface area (TPSA) is 95.7 Å². The first-order valence-corrected chi connectivity index (χ1v) is 8.10. The third-order valence-electron chi connectivity index (χ3n) is 3.98. The number of carbonyl (C=O) groups excluding carboxylic acids is 1. The predicted molar refractivity (Wildman–Crippen MR) is 84.0 cm³/mol. The molecule has 0 aliphatic carbocycles. The molecule has 3 heterocycles. The number of nitrogens with zero attached hydrogens (tertiary/aromatic N) is 2. The Balaban J connectivity index is 1.55. The number of hydrogen-bond donors (Lipinski definition) is 2. The fourth-order valence-corrected chi connectivity index (χ4v) is 3.14. The number of hydrogen-bond acceptors (Lipinski definition) is 5. The minimum absolute atomic E-state index is 0.216. The molecule has 8 heteroatoms. The third kappa shape index (κ3) is 3.21. The maximum absolute atomic E-state index is 12.1.